The third-order valence-electron chi connectivity index (χ3n) is 13.4. The molecule has 5 nitrogen and oxygen atoms in total. The number of carbonyl (C=O) groups excluding carboxylic acids is 1. The third kappa shape index (κ3) is 3.70. The second kappa shape index (κ2) is 8.54. The largest absolute Gasteiger partial charge is 0.377 e. The van der Waals surface area contributed by atoms with Crippen LogP contribution in [-0.4, -0.2) is 24.8 Å². The Morgan fingerprint density at radius 3 is 2.43 bits per heavy atom. The Bertz CT molecular complexity index is 1010. The SMILES string of the molecule is CC(=O)N/N=C/C(C)(C)[C@@H]1CC[C@]2(C)[C@H](CC[C@@H]3[C@H]4[C@H]5OC[C@@]4(CCC5(C)C)CC[C@]32C)[C@@]1(C)CC#N. The average molecular weight is 510 g/mol. The summed E-state index contributed by atoms with van der Waals surface area (Å²) in [6, 6.07) is 2.63. The number of carbonyl (C=O) groups is 1. The molecule has 0 radical (unpaired) electrons. The minimum absolute atomic E-state index is 0.0854. The molecule has 1 aliphatic heterocycles. The van der Waals surface area contributed by atoms with Crippen LogP contribution >= 0.6 is 0 Å². The van der Waals surface area contributed by atoms with Crippen molar-refractivity contribution in [1.29, 1.82) is 5.26 Å². The molecule has 5 rings (SSSR count). The lowest BCUT2D eigenvalue weighted by Gasteiger charge is -2.72. The van der Waals surface area contributed by atoms with Crippen LogP contribution in [0.15, 0.2) is 5.10 Å². The van der Waals surface area contributed by atoms with Crippen LogP contribution in [0.25, 0.3) is 0 Å². The predicted molar refractivity (Wildman–Crippen MR) is 147 cm³/mol. The highest BCUT2D eigenvalue weighted by Crippen LogP contribution is 2.77. The standard InChI is InChI=1S/C32H51N3O2/c1-21(36)35-34-19-28(4,5)23-11-12-31(8)24(29(23,6)17-18-33)10-9-22-25-26-27(2,3)13-15-32(25,20-37-26)16-14-30(22,31)7/h19,22-26H,9-17,20H2,1-8H3,(H,35,36)/b34-19+/t22-,23+,24-,25+,26-,29+,30-,31-,32-/m1/s1. The quantitative estimate of drug-likeness (QED) is 0.324. The normalized spacial score (nSPS) is 48.5. The molecule has 0 aromatic heterocycles. The van der Waals surface area contributed by atoms with Crippen LogP contribution in [0.1, 0.15) is 113 Å². The van der Waals surface area contributed by atoms with Gasteiger partial charge in [0.05, 0.1) is 18.8 Å². The molecule has 1 N–H and O–H groups in total. The van der Waals surface area contributed by atoms with Gasteiger partial charge in [0.15, 0.2) is 0 Å². The molecule has 1 heterocycles. The van der Waals surface area contributed by atoms with Crippen molar-refractivity contribution in [2.75, 3.05) is 6.61 Å². The van der Waals surface area contributed by atoms with Crippen molar-refractivity contribution in [3.05, 3.63) is 0 Å². The van der Waals surface area contributed by atoms with Gasteiger partial charge in [-0.3, -0.25) is 4.79 Å². The molecule has 37 heavy (non-hydrogen) atoms. The van der Waals surface area contributed by atoms with Gasteiger partial charge < -0.3 is 4.74 Å². The molecule has 5 fully saturated rings. The molecule has 206 valence electrons. The topological polar surface area (TPSA) is 74.5 Å². The van der Waals surface area contributed by atoms with E-state index in [0.29, 0.717) is 41.6 Å². The van der Waals surface area contributed by atoms with Gasteiger partial charge in [-0.1, -0.05) is 48.5 Å². The summed E-state index contributed by atoms with van der Waals surface area (Å²) in [4.78, 5) is 11.4. The van der Waals surface area contributed by atoms with Crippen molar-refractivity contribution >= 4 is 12.1 Å². The lowest BCUT2D eigenvalue weighted by Crippen LogP contribution is -2.66. The van der Waals surface area contributed by atoms with Crippen LogP contribution < -0.4 is 5.43 Å². The summed E-state index contributed by atoms with van der Waals surface area (Å²) in [5.74, 6) is 2.12. The first-order chi connectivity index (χ1) is 17.2. The number of nitrogens with one attached hydrogen (secondary N) is 1. The van der Waals surface area contributed by atoms with Gasteiger partial charge in [0.2, 0.25) is 5.91 Å². The van der Waals surface area contributed by atoms with Crippen molar-refractivity contribution in [3.63, 3.8) is 0 Å². The minimum Gasteiger partial charge on any atom is -0.377 e. The highest BCUT2D eigenvalue weighted by molar-refractivity contribution is 5.75. The van der Waals surface area contributed by atoms with Crippen LogP contribution in [0.3, 0.4) is 0 Å². The predicted octanol–water partition coefficient (Wildman–Crippen LogP) is 7.12. The van der Waals surface area contributed by atoms with Crippen molar-refractivity contribution in [3.8, 4) is 6.07 Å². The number of amides is 1. The number of hydrogen-bond acceptors (Lipinski definition) is 4. The van der Waals surface area contributed by atoms with Gasteiger partial charge >= 0.3 is 0 Å². The van der Waals surface area contributed by atoms with E-state index in [2.05, 4.69) is 65.1 Å². The lowest BCUT2D eigenvalue weighted by molar-refractivity contribution is -0.230. The lowest BCUT2D eigenvalue weighted by atomic mass is 9.32. The van der Waals surface area contributed by atoms with E-state index in [9.17, 15) is 10.1 Å². The first kappa shape index (κ1) is 27.2. The van der Waals surface area contributed by atoms with E-state index in [-0.39, 0.29) is 33.0 Å². The molecule has 5 aliphatic rings. The zero-order valence-corrected chi connectivity index (χ0v) is 24.7. The van der Waals surface area contributed by atoms with Gasteiger partial charge in [0.25, 0.3) is 0 Å². The van der Waals surface area contributed by atoms with Crippen molar-refractivity contribution < 1.29 is 9.53 Å². The van der Waals surface area contributed by atoms with E-state index in [1.807, 2.05) is 6.21 Å². The smallest absolute Gasteiger partial charge is 0.236 e. The van der Waals surface area contributed by atoms with Crippen LogP contribution in [0.5, 0.6) is 0 Å². The summed E-state index contributed by atoms with van der Waals surface area (Å²) in [6.45, 7) is 19.6. The Kier molecular flexibility index (Phi) is 6.27. The van der Waals surface area contributed by atoms with Crippen molar-refractivity contribution in [2.24, 2.45) is 61.3 Å². The molecule has 1 saturated heterocycles. The van der Waals surface area contributed by atoms with Crippen LogP contribution in [0.2, 0.25) is 0 Å². The molecule has 0 aromatic rings. The summed E-state index contributed by atoms with van der Waals surface area (Å²) in [5, 5.41) is 14.4. The second-order valence-corrected chi connectivity index (χ2v) is 15.9. The van der Waals surface area contributed by atoms with Crippen LogP contribution in [0, 0.1) is 67.5 Å². The summed E-state index contributed by atoms with van der Waals surface area (Å²) in [7, 11) is 0. The number of rotatable bonds is 4. The Balaban J connectivity index is 1.51. The van der Waals surface area contributed by atoms with E-state index < -0.39 is 0 Å². The molecule has 0 spiro atoms. The van der Waals surface area contributed by atoms with E-state index in [4.69, 9.17) is 4.74 Å². The Labute approximate surface area is 225 Å². The van der Waals surface area contributed by atoms with Gasteiger partial charge in [-0.15, -0.1) is 0 Å². The molecular formula is C32H51N3O2. The first-order valence-electron chi connectivity index (χ1n) is 15.0. The zero-order chi connectivity index (χ0) is 27.1. The number of nitrogens with zero attached hydrogens (tertiary/aromatic N) is 2. The van der Waals surface area contributed by atoms with E-state index in [1.165, 1.54) is 51.9 Å². The fraction of sp³-hybridized carbons (Fsp3) is 0.906. The number of nitriles is 1. The van der Waals surface area contributed by atoms with Crippen molar-refractivity contribution in [1.82, 2.24) is 5.43 Å². The van der Waals surface area contributed by atoms with E-state index in [0.717, 1.165) is 13.0 Å². The Morgan fingerprint density at radius 1 is 1.05 bits per heavy atom. The molecule has 1 amide bonds. The van der Waals surface area contributed by atoms with Gasteiger partial charge in [0, 0.05) is 25.0 Å². The average Bonchev–Trinajstić information content (AvgIpc) is 3.13. The second-order valence-electron chi connectivity index (χ2n) is 15.9. The maximum absolute atomic E-state index is 11.4. The number of fused-ring (bicyclic) bond motifs is 3. The molecule has 4 aliphatic carbocycles. The highest BCUT2D eigenvalue weighted by Gasteiger charge is 2.72. The third-order valence-corrected chi connectivity index (χ3v) is 13.4. The number of hydrogen-bond donors (Lipinski definition) is 1. The number of hydrazone groups is 1. The Morgan fingerprint density at radius 2 is 1.76 bits per heavy atom. The maximum Gasteiger partial charge on any atom is 0.236 e. The van der Waals surface area contributed by atoms with E-state index >= 15 is 0 Å². The van der Waals surface area contributed by atoms with Crippen LogP contribution in [-0.2, 0) is 9.53 Å². The molecule has 0 unspecified atom stereocenters. The summed E-state index contributed by atoms with van der Waals surface area (Å²) < 4.78 is 6.70. The molecular weight excluding hydrogens is 458 g/mol. The molecule has 2 bridgehead atoms. The molecule has 5 heteroatoms. The number of ether oxygens (including phenoxy) is 1. The van der Waals surface area contributed by atoms with Gasteiger partial charge in [-0.25, -0.2) is 5.43 Å². The zero-order valence-electron chi connectivity index (χ0n) is 24.7. The Hall–Kier alpha value is -1.41. The minimum atomic E-state index is -0.204. The summed E-state index contributed by atoms with van der Waals surface area (Å²) in [6.07, 6.45) is 13.0. The fourth-order valence-electron chi connectivity index (χ4n) is 11.4. The first-order valence-corrected chi connectivity index (χ1v) is 15.0. The summed E-state index contributed by atoms with van der Waals surface area (Å²) >= 11 is 0. The summed E-state index contributed by atoms with van der Waals surface area (Å²) in [5.41, 5.74) is 3.48. The van der Waals surface area contributed by atoms with Gasteiger partial charge in [0.1, 0.15) is 0 Å². The van der Waals surface area contributed by atoms with Gasteiger partial charge in [-0.2, -0.15) is 10.4 Å². The monoisotopic (exact) mass is 509 g/mol. The highest BCUT2D eigenvalue weighted by atomic mass is 16.5. The molecule has 4 saturated carbocycles. The van der Waals surface area contributed by atoms with Crippen LogP contribution in [0.4, 0.5) is 0 Å². The van der Waals surface area contributed by atoms with Crippen molar-refractivity contribution in [2.45, 2.75) is 119 Å². The van der Waals surface area contributed by atoms with Gasteiger partial charge in [-0.05, 0) is 102 Å². The maximum atomic E-state index is 11.4. The molecule has 9 atom stereocenters. The molecule has 0 aromatic carbocycles. The fourth-order valence-corrected chi connectivity index (χ4v) is 11.4. The van der Waals surface area contributed by atoms with E-state index in [1.54, 1.807) is 0 Å².